The summed E-state index contributed by atoms with van der Waals surface area (Å²) in [5.74, 6) is -1.22. The van der Waals surface area contributed by atoms with Crippen LogP contribution in [0.2, 0.25) is 0 Å². The third kappa shape index (κ3) is 3.19. The van der Waals surface area contributed by atoms with Gasteiger partial charge in [0.1, 0.15) is 12.7 Å². The van der Waals surface area contributed by atoms with Gasteiger partial charge in [-0.2, -0.15) is 5.26 Å². The molecule has 2 N–H and O–H groups in total. The molecule has 0 saturated heterocycles. The molecule has 0 radical (unpaired) electrons. The highest BCUT2D eigenvalue weighted by atomic mass is 16.8. The second kappa shape index (κ2) is 6.84. The van der Waals surface area contributed by atoms with Gasteiger partial charge < -0.3 is 10.5 Å². The standard InChI is InChI=1S/C18H13N3O4/c19-9-16(17(20)22)21-25-18(23)24-10-15-13-7-3-1-5-11(13)12-6-2-4-8-14(12)15/h1-8,15H,10H2,(H2,20,22). The van der Waals surface area contributed by atoms with Crippen molar-refractivity contribution in [3.05, 3.63) is 59.7 Å². The fraction of sp³-hybridized carbons (Fsp3) is 0.111. The minimum absolute atomic E-state index is 0.0425. The van der Waals surface area contributed by atoms with Gasteiger partial charge in [0.05, 0.1) is 0 Å². The summed E-state index contributed by atoms with van der Waals surface area (Å²) in [4.78, 5) is 26.9. The predicted octanol–water partition coefficient (Wildman–Crippen LogP) is 2.32. The van der Waals surface area contributed by atoms with E-state index in [0.717, 1.165) is 22.3 Å². The van der Waals surface area contributed by atoms with Gasteiger partial charge in [-0.25, -0.2) is 4.79 Å². The first-order valence-electron chi connectivity index (χ1n) is 7.41. The quantitative estimate of drug-likeness (QED) is 0.398. The SMILES string of the molecule is N#CC(=NOC(=O)OCC1c2ccccc2-c2ccccc21)C(N)=O. The van der Waals surface area contributed by atoms with E-state index in [9.17, 15) is 9.59 Å². The number of nitrogens with zero attached hydrogens (tertiary/aromatic N) is 2. The third-order valence-corrected chi connectivity index (χ3v) is 3.88. The minimum atomic E-state index is -1.11. The van der Waals surface area contributed by atoms with Gasteiger partial charge in [0.25, 0.3) is 5.91 Å². The number of rotatable bonds is 4. The summed E-state index contributed by atoms with van der Waals surface area (Å²) in [7, 11) is 0. The van der Waals surface area contributed by atoms with Crippen LogP contribution in [0.25, 0.3) is 11.1 Å². The number of nitrogens with two attached hydrogens (primary N) is 1. The maximum absolute atomic E-state index is 11.7. The number of nitriles is 1. The highest BCUT2D eigenvalue weighted by Gasteiger charge is 2.29. The van der Waals surface area contributed by atoms with E-state index in [-0.39, 0.29) is 12.5 Å². The molecule has 0 saturated carbocycles. The molecule has 0 heterocycles. The molecule has 7 nitrogen and oxygen atoms in total. The van der Waals surface area contributed by atoms with Gasteiger partial charge in [0, 0.05) is 5.92 Å². The molecule has 0 aromatic heterocycles. The third-order valence-electron chi connectivity index (χ3n) is 3.88. The molecule has 1 amide bonds. The molecule has 1 aliphatic rings. The van der Waals surface area contributed by atoms with Crippen molar-refractivity contribution in [1.82, 2.24) is 0 Å². The van der Waals surface area contributed by atoms with Gasteiger partial charge in [0.15, 0.2) is 0 Å². The molecule has 124 valence electrons. The molecular formula is C18H13N3O4. The van der Waals surface area contributed by atoms with Crippen molar-refractivity contribution in [3.8, 4) is 17.2 Å². The zero-order chi connectivity index (χ0) is 17.8. The number of hydrogen-bond donors (Lipinski definition) is 1. The van der Waals surface area contributed by atoms with Crippen molar-refractivity contribution in [1.29, 1.82) is 5.26 Å². The van der Waals surface area contributed by atoms with E-state index in [1.54, 1.807) is 0 Å². The average molecular weight is 335 g/mol. The van der Waals surface area contributed by atoms with Crippen LogP contribution in [0.4, 0.5) is 4.79 Å². The van der Waals surface area contributed by atoms with Crippen LogP contribution in [0.3, 0.4) is 0 Å². The van der Waals surface area contributed by atoms with Gasteiger partial charge in [-0.1, -0.05) is 53.7 Å². The number of hydrogen-bond acceptors (Lipinski definition) is 6. The number of primary amides is 1. The fourth-order valence-electron chi connectivity index (χ4n) is 2.82. The molecule has 0 spiro atoms. The summed E-state index contributed by atoms with van der Waals surface area (Å²) in [5.41, 5.74) is 8.47. The van der Waals surface area contributed by atoms with Crippen LogP contribution in [0.5, 0.6) is 0 Å². The van der Waals surface area contributed by atoms with Gasteiger partial charge >= 0.3 is 6.16 Å². The fourth-order valence-corrected chi connectivity index (χ4v) is 2.82. The lowest BCUT2D eigenvalue weighted by molar-refractivity contribution is -0.112. The topological polar surface area (TPSA) is 115 Å². The lowest BCUT2D eigenvalue weighted by Crippen LogP contribution is -2.22. The summed E-state index contributed by atoms with van der Waals surface area (Å²) in [6, 6.07) is 17.2. The summed E-state index contributed by atoms with van der Waals surface area (Å²) in [6.07, 6.45) is -1.11. The van der Waals surface area contributed by atoms with E-state index in [4.69, 9.17) is 15.7 Å². The van der Waals surface area contributed by atoms with Crippen molar-refractivity contribution >= 4 is 17.8 Å². The molecule has 0 unspecified atom stereocenters. The molecule has 3 rings (SSSR count). The lowest BCUT2D eigenvalue weighted by atomic mass is 9.98. The van der Waals surface area contributed by atoms with E-state index >= 15 is 0 Å². The Labute approximate surface area is 143 Å². The molecule has 0 fully saturated rings. The first-order valence-corrected chi connectivity index (χ1v) is 7.41. The van der Waals surface area contributed by atoms with Gasteiger partial charge in [-0.3, -0.25) is 9.63 Å². The zero-order valence-electron chi connectivity index (χ0n) is 13.0. The van der Waals surface area contributed by atoms with Crippen molar-refractivity contribution in [2.75, 3.05) is 6.61 Å². The number of oxime groups is 1. The van der Waals surface area contributed by atoms with Crippen LogP contribution in [0.1, 0.15) is 17.0 Å². The number of carbonyl (C=O) groups is 2. The maximum atomic E-state index is 11.7. The van der Waals surface area contributed by atoms with Crippen LogP contribution in [0.15, 0.2) is 53.7 Å². The Balaban J connectivity index is 1.73. The Hall–Kier alpha value is -3.66. The summed E-state index contributed by atoms with van der Waals surface area (Å²) < 4.78 is 5.08. The Morgan fingerprint density at radius 3 is 2.16 bits per heavy atom. The predicted molar refractivity (Wildman–Crippen MR) is 88.4 cm³/mol. The summed E-state index contributed by atoms with van der Waals surface area (Å²) >= 11 is 0. The van der Waals surface area contributed by atoms with E-state index in [1.807, 2.05) is 48.5 Å². The minimum Gasteiger partial charge on any atom is -0.432 e. The molecule has 25 heavy (non-hydrogen) atoms. The molecule has 0 aliphatic heterocycles. The van der Waals surface area contributed by atoms with Crippen LogP contribution in [-0.4, -0.2) is 24.4 Å². The molecule has 2 aromatic carbocycles. The first-order chi connectivity index (χ1) is 12.1. The second-order valence-corrected chi connectivity index (χ2v) is 5.30. The number of ether oxygens (including phenoxy) is 1. The van der Waals surface area contributed by atoms with E-state index < -0.39 is 17.8 Å². The highest BCUT2D eigenvalue weighted by molar-refractivity contribution is 6.44. The first kappa shape index (κ1) is 16.2. The lowest BCUT2D eigenvalue weighted by Gasteiger charge is -2.12. The highest BCUT2D eigenvalue weighted by Crippen LogP contribution is 2.44. The van der Waals surface area contributed by atoms with E-state index in [0.29, 0.717) is 0 Å². The van der Waals surface area contributed by atoms with E-state index in [2.05, 4.69) is 9.99 Å². The number of fused-ring (bicyclic) bond motifs is 3. The smallest absolute Gasteiger partial charge is 0.432 e. The molecule has 7 heteroatoms. The van der Waals surface area contributed by atoms with Crippen molar-refractivity contribution in [2.45, 2.75) is 5.92 Å². The van der Waals surface area contributed by atoms with E-state index in [1.165, 1.54) is 6.07 Å². The Bertz CT molecular complexity index is 869. The van der Waals surface area contributed by atoms with Gasteiger partial charge in [-0.15, -0.1) is 0 Å². The molecule has 1 aliphatic carbocycles. The Kier molecular flexibility index (Phi) is 4.44. The van der Waals surface area contributed by atoms with Gasteiger partial charge in [0.2, 0.25) is 5.71 Å². The van der Waals surface area contributed by atoms with Crippen LogP contribution >= 0.6 is 0 Å². The zero-order valence-corrected chi connectivity index (χ0v) is 13.0. The monoisotopic (exact) mass is 335 g/mol. The Morgan fingerprint density at radius 2 is 1.64 bits per heavy atom. The average Bonchev–Trinajstić information content (AvgIpc) is 2.94. The number of carbonyl (C=O) groups excluding carboxylic acids is 2. The number of amides is 1. The molecule has 0 bridgehead atoms. The van der Waals surface area contributed by atoms with Gasteiger partial charge in [-0.05, 0) is 22.3 Å². The van der Waals surface area contributed by atoms with Crippen LogP contribution in [-0.2, 0) is 14.4 Å². The Morgan fingerprint density at radius 1 is 1.08 bits per heavy atom. The molecule has 2 aromatic rings. The van der Waals surface area contributed by atoms with Crippen molar-refractivity contribution in [2.24, 2.45) is 10.9 Å². The largest absolute Gasteiger partial charge is 0.535 e. The summed E-state index contributed by atoms with van der Waals surface area (Å²) in [6.45, 7) is 0.0425. The van der Waals surface area contributed by atoms with Crippen molar-refractivity contribution < 1.29 is 19.2 Å². The number of benzene rings is 2. The summed E-state index contributed by atoms with van der Waals surface area (Å²) in [5, 5.41) is 11.7. The molecular weight excluding hydrogens is 322 g/mol. The van der Waals surface area contributed by atoms with Crippen LogP contribution in [0, 0.1) is 11.3 Å². The van der Waals surface area contributed by atoms with Crippen LogP contribution < -0.4 is 5.73 Å². The normalized spacial score (nSPS) is 12.7. The second-order valence-electron chi connectivity index (χ2n) is 5.30. The molecule has 0 atom stereocenters. The maximum Gasteiger partial charge on any atom is 0.535 e. The van der Waals surface area contributed by atoms with Crippen molar-refractivity contribution in [3.63, 3.8) is 0 Å².